The zero-order valence-corrected chi connectivity index (χ0v) is 18.7. The summed E-state index contributed by atoms with van der Waals surface area (Å²) in [5, 5.41) is 7.33. The predicted molar refractivity (Wildman–Crippen MR) is 127 cm³/mol. The van der Waals surface area contributed by atoms with Crippen LogP contribution < -0.4 is 5.43 Å². The van der Waals surface area contributed by atoms with Gasteiger partial charge in [-0.15, -0.1) is 11.3 Å². The van der Waals surface area contributed by atoms with E-state index in [2.05, 4.69) is 75.9 Å². The second kappa shape index (κ2) is 9.51. The van der Waals surface area contributed by atoms with Gasteiger partial charge in [-0.2, -0.15) is 5.10 Å². The van der Waals surface area contributed by atoms with E-state index < -0.39 is 0 Å². The van der Waals surface area contributed by atoms with Gasteiger partial charge < -0.3 is 4.90 Å². The molecule has 2 heterocycles. The molecule has 1 N–H and O–H groups in total. The molecule has 3 aromatic rings. The number of nitrogens with one attached hydrogen (secondary N) is 1. The largest absolute Gasteiger partial charge is 0.304 e. The minimum absolute atomic E-state index is 0.799. The number of hydrazone groups is 1. The Labute approximate surface area is 183 Å². The number of rotatable bonds is 6. The van der Waals surface area contributed by atoms with E-state index in [0.29, 0.717) is 0 Å². The van der Waals surface area contributed by atoms with E-state index in [1.54, 1.807) is 11.3 Å². The smallest absolute Gasteiger partial charge is 0.203 e. The van der Waals surface area contributed by atoms with Crippen LogP contribution in [0.1, 0.15) is 22.3 Å². The zero-order valence-electron chi connectivity index (χ0n) is 17.9. The maximum absolute atomic E-state index is 4.64. The summed E-state index contributed by atoms with van der Waals surface area (Å²) in [6.45, 7) is 9.89. The lowest BCUT2D eigenvalue weighted by Gasteiger charge is -2.32. The summed E-state index contributed by atoms with van der Waals surface area (Å²) in [4.78, 5) is 9.57. The van der Waals surface area contributed by atoms with Crippen LogP contribution in [-0.4, -0.2) is 54.2 Å². The van der Waals surface area contributed by atoms with Gasteiger partial charge in [0.15, 0.2) is 0 Å². The van der Waals surface area contributed by atoms with Gasteiger partial charge in [-0.25, -0.2) is 4.98 Å². The van der Waals surface area contributed by atoms with Crippen LogP contribution in [0, 0.1) is 13.8 Å². The first kappa shape index (κ1) is 20.7. The number of anilines is 1. The number of piperazine rings is 1. The van der Waals surface area contributed by atoms with Crippen molar-refractivity contribution in [2.24, 2.45) is 5.10 Å². The third-order valence-electron chi connectivity index (χ3n) is 5.63. The normalized spacial score (nSPS) is 15.7. The Morgan fingerprint density at radius 2 is 1.87 bits per heavy atom. The molecule has 0 amide bonds. The van der Waals surface area contributed by atoms with E-state index in [0.717, 1.165) is 54.7 Å². The maximum atomic E-state index is 4.64. The van der Waals surface area contributed by atoms with Crippen molar-refractivity contribution in [1.82, 2.24) is 14.8 Å². The number of likely N-dealkylation sites (N-methyl/N-ethyl adjacent to an activating group) is 1. The molecule has 5 nitrogen and oxygen atoms in total. The number of nitrogens with zero attached hydrogens (tertiary/aromatic N) is 4. The topological polar surface area (TPSA) is 43.8 Å². The summed E-state index contributed by atoms with van der Waals surface area (Å²) >= 11 is 1.57. The van der Waals surface area contributed by atoms with Gasteiger partial charge in [0.2, 0.25) is 5.13 Å². The van der Waals surface area contributed by atoms with Crippen molar-refractivity contribution in [1.29, 1.82) is 0 Å². The molecule has 6 heteroatoms. The number of benzene rings is 2. The van der Waals surface area contributed by atoms with Crippen molar-refractivity contribution in [2.75, 3.05) is 38.7 Å². The Hall–Kier alpha value is -2.54. The van der Waals surface area contributed by atoms with Crippen LogP contribution in [0.3, 0.4) is 0 Å². The number of aryl methyl sites for hydroxylation is 1. The fourth-order valence-electron chi connectivity index (χ4n) is 3.73. The molecule has 4 rings (SSSR count). The highest BCUT2D eigenvalue weighted by molar-refractivity contribution is 7.14. The maximum Gasteiger partial charge on any atom is 0.203 e. The summed E-state index contributed by atoms with van der Waals surface area (Å²) in [6, 6.07) is 14.7. The fraction of sp³-hybridized carbons (Fsp3) is 0.333. The van der Waals surface area contributed by atoms with Gasteiger partial charge >= 0.3 is 0 Å². The number of aromatic nitrogens is 1. The molecular formula is C24H29N5S. The molecule has 0 saturated carbocycles. The molecule has 30 heavy (non-hydrogen) atoms. The minimum Gasteiger partial charge on any atom is -0.304 e. The minimum atomic E-state index is 0.799. The Morgan fingerprint density at radius 3 is 2.63 bits per heavy atom. The molecule has 1 aliphatic heterocycles. The average molecular weight is 420 g/mol. The van der Waals surface area contributed by atoms with Gasteiger partial charge in [0.25, 0.3) is 0 Å². The lowest BCUT2D eigenvalue weighted by molar-refractivity contribution is 0.148. The third-order valence-corrected chi connectivity index (χ3v) is 6.37. The highest BCUT2D eigenvalue weighted by Gasteiger charge is 2.15. The predicted octanol–water partition coefficient (Wildman–Crippen LogP) is 4.62. The van der Waals surface area contributed by atoms with Gasteiger partial charge in [0, 0.05) is 43.7 Å². The van der Waals surface area contributed by atoms with Gasteiger partial charge in [-0.3, -0.25) is 10.3 Å². The van der Waals surface area contributed by atoms with Crippen LogP contribution in [0.2, 0.25) is 0 Å². The molecule has 0 atom stereocenters. The lowest BCUT2D eigenvalue weighted by Crippen LogP contribution is -2.44. The van der Waals surface area contributed by atoms with Gasteiger partial charge in [0.05, 0.1) is 11.9 Å². The van der Waals surface area contributed by atoms with Crippen molar-refractivity contribution in [3.63, 3.8) is 0 Å². The van der Waals surface area contributed by atoms with Crippen molar-refractivity contribution in [3.05, 3.63) is 70.1 Å². The summed E-state index contributed by atoms with van der Waals surface area (Å²) < 4.78 is 0. The highest BCUT2D eigenvalue weighted by atomic mass is 32.1. The summed E-state index contributed by atoms with van der Waals surface area (Å²) in [5.74, 6) is 0. The second-order valence-electron chi connectivity index (χ2n) is 7.99. The molecule has 1 aromatic heterocycles. The van der Waals surface area contributed by atoms with Crippen molar-refractivity contribution >= 4 is 22.7 Å². The molecule has 0 aliphatic carbocycles. The Kier molecular flexibility index (Phi) is 6.57. The Balaban J connectivity index is 1.43. The molecule has 0 bridgehead atoms. The van der Waals surface area contributed by atoms with Gasteiger partial charge in [-0.1, -0.05) is 48.0 Å². The van der Waals surface area contributed by atoms with E-state index in [-0.39, 0.29) is 0 Å². The van der Waals surface area contributed by atoms with Crippen LogP contribution in [-0.2, 0) is 6.54 Å². The lowest BCUT2D eigenvalue weighted by atomic mass is 9.99. The molecular weight excluding hydrogens is 390 g/mol. The monoisotopic (exact) mass is 419 g/mol. The molecule has 1 aliphatic rings. The average Bonchev–Trinajstić information content (AvgIpc) is 3.22. The first-order valence-corrected chi connectivity index (χ1v) is 11.3. The zero-order chi connectivity index (χ0) is 20.9. The number of hydrogen-bond acceptors (Lipinski definition) is 6. The van der Waals surface area contributed by atoms with Crippen LogP contribution in [0.4, 0.5) is 5.13 Å². The van der Waals surface area contributed by atoms with Crippen molar-refractivity contribution in [3.8, 4) is 11.3 Å². The second-order valence-corrected chi connectivity index (χ2v) is 8.85. The van der Waals surface area contributed by atoms with Crippen LogP contribution in [0.15, 0.2) is 52.9 Å². The van der Waals surface area contributed by atoms with Gasteiger partial charge in [0.1, 0.15) is 0 Å². The standard InChI is InChI=1S/C24H29N5S/c1-18-13-21(19(2)22(14-18)16-29-11-9-28(3)10-12-29)15-25-27-24-26-23(17-30-24)20-7-5-4-6-8-20/h4-8,13-15,17H,9-12,16H2,1-3H3,(H,26,27). The van der Waals surface area contributed by atoms with Crippen LogP contribution >= 0.6 is 11.3 Å². The number of hydrogen-bond donors (Lipinski definition) is 1. The first-order chi connectivity index (χ1) is 14.6. The summed E-state index contributed by atoms with van der Waals surface area (Å²) in [6.07, 6.45) is 1.92. The summed E-state index contributed by atoms with van der Waals surface area (Å²) in [5.41, 5.74) is 10.3. The molecule has 1 fully saturated rings. The number of thiazole rings is 1. The van der Waals surface area contributed by atoms with Crippen molar-refractivity contribution in [2.45, 2.75) is 20.4 Å². The van der Waals surface area contributed by atoms with E-state index in [1.165, 1.54) is 16.7 Å². The first-order valence-electron chi connectivity index (χ1n) is 10.4. The van der Waals surface area contributed by atoms with E-state index in [4.69, 9.17) is 0 Å². The Bertz CT molecular complexity index is 1000. The van der Waals surface area contributed by atoms with Crippen LogP contribution in [0.25, 0.3) is 11.3 Å². The van der Waals surface area contributed by atoms with Gasteiger partial charge in [-0.05, 0) is 37.6 Å². The third kappa shape index (κ3) is 5.14. The molecule has 1 saturated heterocycles. The van der Waals surface area contributed by atoms with E-state index in [1.807, 2.05) is 24.4 Å². The van der Waals surface area contributed by atoms with E-state index in [9.17, 15) is 0 Å². The SMILES string of the molecule is Cc1cc(C=NNc2nc(-c3ccccc3)cs2)c(C)c(CN2CCN(C)CC2)c1. The van der Waals surface area contributed by atoms with Crippen molar-refractivity contribution < 1.29 is 0 Å². The molecule has 0 radical (unpaired) electrons. The van der Waals surface area contributed by atoms with Crippen LogP contribution in [0.5, 0.6) is 0 Å². The quantitative estimate of drug-likeness (QED) is 0.468. The Morgan fingerprint density at radius 1 is 1.10 bits per heavy atom. The highest BCUT2D eigenvalue weighted by Crippen LogP contribution is 2.24. The molecule has 0 unspecified atom stereocenters. The van der Waals surface area contributed by atoms with E-state index >= 15 is 0 Å². The fourth-order valence-corrected chi connectivity index (χ4v) is 4.40. The molecule has 0 spiro atoms. The summed E-state index contributed by atoms with van der Waals surface area (Å²) in [7, 11) is 2.20. The molecule has 2 aromatic carbocycles. The molecule has 156 valence electrons.